The highest BCUT2D eigenvalue weighted by Gasteiger charge is 2.43. The molecule has 0 amide bonds. The minimum absolute atomic E-state index is 0.0765. The van der Waals surface area contributed by atoms with Crippen molar-refractivity contribution in [1.29, 1.82) is 0 Å². The fourth-order valence-electron chi connectivity index (χ4n) is 5.89. The van der Waals surface area contributed by atoms with Crippen LogP contribution in [0.1, 0.15) is 64.5 Å². The molecule has 1 aliphatic carbocycles. The maximum absolute atomic E-state index is 7.01. The molecule has 2 aliphatic heterocycles. The first-order chi connectivity index (χ1) is 17.7. The van der Waals surface area contributed by atoms with Crippen LogP contribution in [-0.4, -0.2) is 23.4 Å². The second-order valence-electron chi connectivity index (χ2n) is 11.3. The van der Waals surface area contributed by atoms with E-state index in [1.807, 2.05) is 12.1 Å². The van der Waals surface area contributed by atoms with Crippen LogP contribution in [0.25, 0.3) is 0 Å². The van der Waals surface area contributed by atoms with Gasteiger partial charge in [-0.3, -0.25) is 0 Å². The van der Waals surface area contributed by atoms with Gasteiger partial charge in [0.2, 0.25) is 5.69 Å². The quantitative estimate of drug-likeness (QED) is 0.400. The number of hydrogen-bond acceptors (Lipinski definition) is 2. The fraction of sp³-hybridized carbons (Fsp3) is 0.364. The average molecular weight is 514 g/mol. The number of hydrogen-bond donors (Lipinski definition) is 1. The summed E-state index contributed by atoms with van der Waals surface area (Å²) in [5.41, 5.74) is 13.2. The van der Waals surface area contributed by atoms with E-state index in [0.717, 1.165) is 48.8 Å². The summed E-state index contributed by atoms with van der Waals surface area (Å²) in [5.74, 6) is 1.91. The number of rotatable bonds is 6. The summed E-state index contributed by atoms with van der Waals surface area (Å²) in [4.78, 5) is 0. The van der Waals surface area contributed by atoms with Crippen molar-refractivity contribution in [2.24, 2.45) is 5.73 Å². The molecule has 0 fully saturated rings. The lowest BCUT2D eigenvalue weighted by molar-refractivity contribution is -0.437. The van der Waals surface area contributed by atoms with Crippen molar-refractivity contribution in [3.8, 4) is 5.75 Å². The van der Waals surface area contributed by atoms with Crippen molar-refractivity contribution < 1.29 is 9.31 Å². The molecule has 2 N–H and O–H groups in total. The number of para-hydroxylation sites is 2. The lowest BCUT2D eigenvalue weighted by Crippen LogP contribution is -2.28. The van der Waals surface area contributed by atoms with Crippen molar-refractivity contribution in [1.82, 2.24) is 0 Å². The predicted molar refractivity (Wildman–Crippen MR) is 155 cm³/mol. The van der Waals surface area contributed by atoms with Crippen LogP contribution in [0, 0.1) is 0 Å². The van der Waals surface area contributed by atoms with Gasteiger partial charge in [-0.15, -0.1) is 0 Å². The Morgan fingerprint density at radius 1 is 0.919 bits per heavy atom. The standard InChI is InChI=1S/C33H38ClN2O/c1-32(2)25-13-5-7-15-27(25)36(22-10-21-35)29(32)19-17-23-11-9-12-24(31(23)34)18-20-30-33(3,4)26-14-6-8-16-28(26)37-30/h5-8,13-20H,9-12,21-22,35H2,1-4H3/q+1/b19-17+,24-18+,30-20?. The van der Waals surface area contributed by atoms with Gasteiger partial charge >= 0.3 is 0 Å². The first-order valence-corrected chi connectivity index (χ1v) is 13.8. The van der Waals surface area contributed by atoms with Crippen LogP contribution in [0.5, 0.6) is 5.75 Å². The Labute approximate surface area is 226 Å². The predicted octanol–water partition coefficient (Wildman–Crippen LogP) is 7.83. The zero-order chi connectivity index (χ0) is 26.2. The molecule has 0 atom stereocenters. The SMILES string of the molecule is CC1(C)C(=C/C=C2\CCCC(/C=C/C3=[N+](CCCN)c4ccccc4C3(C)C)=C2Cl)Oc2ccccc21. The van der Waals surface area contributed by atoms with Crippen LogP contribution in [0.4, 0.5) is 5.69 Å². The van der Waals surface area contributed by atoms with Gasteiger partial charge in [-0.25, -0.2) is 0 Å². The van der Waals surface area contributed by atoms with Crippen molar-refractivity contribution in [3.63, 3.8) is 0 Å². The molecule has 2 aromatic rings. The van der Waals surface area contributed by atoms with Crippen molar-refractivity contribution in [2.75, 3.05) is 13.1 Å². The van der Waals surface area contributed by atoms with E-state index >= 15 is 0 Å². The average Bonchev–Trinajstić information content (AvgIpc) is 3.27. The van der Waals surface area contributed by atoms with E-state index in [4.69, 9.17) is 22.1 Å². The number of halogens is 1. The van der Waals surface area contributed by atoms with Crippen LogP contribution in [-0.2, 0) is 10.8 Å². The molecule has 0 aromatic heterocycles. The second-order valence-corrected chi connectivity index (χ2v) is 11.7. The summed E-state index contributed by atoms with van der Waals surface area (Å²) < 4.78 is 8.65. The van der Waals surface area contributed by atoms with Gasteiger partial charge < -0.3 is 10.5 Å². The Balaban J connectivity index is 1.45. The molecule has 0 bridgehead atoms. The summed E-state index contributed by atoms with van der Waals surface area (Å²) in [6.45, 7) is 10.6. The molecule has 3 nitrogen and oxygen atoms in total. The normalized spacial score (nSPS) is 22.2. The lowest BCUT2D eigenvalue weighted by Gasteiger charge is -2.19. The van der Waals surface area contributed by atoms with Gasteiger partial charge in [-0.2, -0.15) is 4.58 Å². The second kappa shape index (κ2) is 10.1. The summed E-state index contributed by atoms with van der Waals surface area (Å²) in [7, 11) is 0. The first kappa shape index (κ1) is 25.8. The van der Waals surface area contributed by atoms with E-state index in [1.165, 1.54) is 33.7 Å². The van der Waals surface area contributed by atoms with Crippen molar-refractivity contribution in [3.05, 3.63) is 106 Å². The van der Waals surface area contributed by atoms with Crippen LogP contribution < -0.4 is 10.5 Å². The third-order valence-electron chi connectivity index (χ3n) is 8.12. The zero-order valence-corrected chi connectivity index (χ0v) is 23.2. The molecule has 0 spiro atoms. The smallest absolute Gasteiger partial charge is 0.209 e. The molecule has 3 aliphatic rings. The molecule has 37 heavy (non-hydrogen) atoms. The third kappa shape index (κ3) is 4.64. The molecule has 0 saturated carbocycles. The Kier molecular flexibility index (Phi) is 7.04. The molecular weight excluding hydrogens is 476 g/mol. The van der Waals surface area contributed by atoms with E-state index in [0.29, 0.717) is 6.54 Å². The van der Waals surface area contributed by atoms with Crippen molar-refractivity contribution in [2.45, 2.75) is 64.2 Å². The number of nitrogens with zero attached hydrogens (tertiary/aromatic N) is 1. The van der Waals surface area contributed by atoms with Gasteiger partial charge in [0.15, 0.2) is 12.3 Å². The Hall–Kier alpha value is -2.88. The molecule has 2 aromatic carbocycles. The van der Waals surface area contributed by atoms with E-state index in [1.54, 1.807) is 0 Å². The van der Waals surface area contributed by atoms with E-state index < -0.39 is 0 Å². The van der Waals surface area contributed by atoms with Gasteiger partial charge in [0.05, 0.1) is 10.8 Å². The number of nitrogens with two attached hydrogens (primary N) is 1. The minimum atomic E-state index is -0.159. The van der Waals surface area contributed by atoms with Crippen LogP contribution in [0.15, 0.2) is 94.8 Å². The van der Waals surface area contributed by atoms with Crippen LogP contribution >= 0.6 is 11.6 Å². The first-order valence-electron chi connectivity index (χ1n) is 13.5. The summed E-state index contributed by atoms with van der Waals surface area (Å²) in [5, 5.41) is 0.870. The third-order valence-corrected chi connectivity index (χ3v) is 8.60. The molecule has 5 rings (SSSR count). The number of ether oxygens (including phenoxy) is 1. The Morgan fingerprint density at radius 2 is 1.65 bits per heavy atom. The maximum atomic E-state index is 7.01. The highest BCUT2D eigenvalue weighted by Crippen LogP contribution is 2.45. The largest absolute Gasteiger partial charge is 0.460 e. The van der Waals surface area contributed by atoms with E-state index in [9.17, 15) is 0 Å². The van der Waals surface area contributed by atoms with Gasteiger partial charge in [0, 0.05) is 34.7 Å². The van der Waals surface area contributed by atoms with Gasteiger partial charge in [0.25, 0.3) is 0 Å². The number of fused-ring (bicyclic) bond motifs is 2. The topological polar surface area (TPSA) is 38.3 Å². The van der Waals surface area contributed by atoms with E-state index in [2.05, 4.69) is 93.0 Å². The summed E-state index contributed by atoms with van der Waals surface area (Å²) >= 11 is 7.01. The summed E-state index contributed by atoms with van der Waals surface area (Å²) in [6, 6.07) is 17.0. The molecule has 2 heterocycles. The van der Waals surface area contributed by atoms with E-state index in [-0.39, 0.29) is 10.8 Å². The van der Waals surface area contributed by atoms with Crippen molar-refractivity contribution >= 4 is 23.0 Å². The molecular formula is C33H38ClN2O+. The highest BCUT2D eigenvalue weighted by molar-refractivity contribution is 6.32. The monoisotopic (exact) mass is 513 g/mol. The Morgan fingerprint density at radius 3 is 2.41 bits per heavy atom. The zero-order valence-electron chi connectivity index (χ0n) is 22.5. The van der Waals surface area contributed by atoms with Gasteiger partial charge in [-0.1, -0.05) is 60.2 Å². The summed E-state index contributed by atoms with van der Waals surface area (Å²) in [6.07, 6.45) is 12.8. The molecule has 0 radical (unpaired) electrons. The molecule has 0 saturated heterocycles. The van der Waals surface area contributed by atoms with Gasteiger partial charge in [-0.05, 0) is 76.8 Å². The molecule has 192 valence electrons. The number of allylic oxidation sites excluding steroid dienone is 8. The number of benzene rings is 2. The lowest BCUT2D eigenvalue weighted by atomic mass is 9.81. The fourth-order valence-corrected chi connectivity index (χ4v) is 6.20. The van der Waals surface area contributed by atoms with Crippen LogP contribution in [0.2, 0.25) is 0 Å². The molecule has 4 heteroatoms. The minimum Gasteiger partial charge on any atom is -0.460 e. The molecule has 0 unspecified atom stereocenters. The highest BCUT2D eigenvalue weighted by atomic mass is 35.5. The maximum Gasteiger partial charge on any atom is 0.209 e. The van der Waals surface area contributed by atoms with Crippen LogP contribution in [0.3, 0.4) is 0 Å². The Bertz CT molecular complexity index is 1370. The van der Waals surface area contributed by atoms with Gasteiger partial charge in [0.1, 0.15) is 11.5 Å².